The molecule has 4 aromatic rings. The van der Waals surface area contributed by atoms with Gasteiger partial charge in [-0.15, -0.1) is 0 Å². The van der Waals surface area contributed by atoms with Gasteiger partial charge in [0.1, 0.15) is 18.1 Å². The minimum absolute atomic E-state index is 0.00325. The molecular formula is C24H20FN3O5S. The van der Waals surface area contributed by atoms with Gasteiger partial charge in [-0.25, -0.2) is 22.6 Å². The number of nitrogens with zero attached hydrogens (tertiary/aromatic N) is 2. The smallest absolute Gasteiger partial charge is 0.340 e. The molecule has 0 radical (unpaired) electrons. The van der Waals surface area contributed by atoms with Crippen LogP contribution < -0.4 is 10.3 Å². The molecule has 0 unspecified atom stereocenters. The molecule has 0 amide bonds. The van der Waals surface area contributed by atoms with E-state index in [-0.39, 0.29) is 39.6 Å². The first-order chi connectivity index (χ1) is 16.1. The van der Waals surface area contributed by atoms with Gasteiger partial charge in [0.15, 0.2) is 0 Å². The van der Waals surface area contributed by atoms with Crippen LogP contribution in [0.5, 0.6) is 0 Å². The van der Waals surface area contributed by atoms with Gasteiger partial charge in [-0.05, 0) is 61.4 Å². The number of sulfonamides is 1. The van der Waals surface area contributed by atoms with Crippen molar-refractivity contribution in [1.82, 2.24) is 9.38 Å². The molecule has 0 aliphatic carbocycles. The largest absolute Gasteiger partial charge is 0.456 e. The molecule has 34 heavy (non-hydrogen) atoms. The summed E-state index contributed by atoms with van der Waals surface area (Å²) in [4.78, 5) is 29.3. The van der Waals surface area contributed by atoms with Crippen LogP contribution in [0, 0.1) is 19.7 Å². The molecule has 0 bridgehead atoms. The van der Waals surface area contributed by atoms with Crippen LogP contribution in [-0.2, 0) is 21.4 Å². The standard InChI is InChI=1S/C24H20FN3O5S/c1-15-7-10-22-26-17(12-23(29)28(22)13-15)14-33-24(30)19-5-3-4-6-21(19)27-34(31,32)18-8-9-20(25)16(2)11-18/h3-13,27H,14H2,1-2H3. The Balaban J connectivity index is 1.55. The number of hydrogen-bond donors (Lipinski definition) is 1. The summed E-state index contributed by atoms with van der Waals surface area (Å²) in [6.07, 6.45) is 1.66. The van der Waals surface area contributed by atoms with Gasteiger partial charge in [0.25, 0.3) is 15.6 Å². The van der Waals surface area contributed by atoms with Crippen LogP contribution in [0.25, 0.3) is 5.65 Å². The van der Waals surface area contributed by atoms with Crippen LogP contribution in [0.2, 0.25) is 0 Å². The Labute approximate surface area is 194 Å². The SMILES string of the molecule is Cc1ccc2nc(COC(=O)c3ccccc3NS(=O)(=O)c3ccc(F)c(C)c3)cc(=O)n2c1. The van der Waals surface area contributed by atoms with Gasteiger partial charge in [-0.3, -0.25) is 13.9 Å². The number of anilines is 1. The van der Waals surface area contributed by atoms with Gasteiger partial charge in [-0.1, -0.05) is 18.2 Å². The van der Waals surface area contributed by atoms with E-state index in [1.807, 2.05) is 13.0 Å². The number of fused-ring (bicyclic) bond motifs is 1. The summed E-state index contributed by atoms with van der Waals surface area (Å²) >= 11 is 0. The maximum absolute atomic E-state index is 13.5. The maximum Gasteiger partial charge on any atom is 0.340 e. The van der Waals surface area contributed by atoms with Gasteiger partial charge >= 0.3 is 5.97 Å². The van der Waals surface area contributed by atoms with E-state index in [0.717, 1.165) is 17.7 Å². The van der Waals surface area contributed by atoms with Crippen molar-refractivity contribution in [1.29, 1.82) is 0 Å². The summed E-state index contributed by atoms with van der Waals surface area (Å²) in [6.45, 7) is 3.02. The van der Waals surface area contributed by atoms with Crippen LogP contribution >= 0.6 is 0 Å². The third kappa shape index (κ3) is 4.81. The number of halogens is 1. The predicted octanol–water partition coefficient (Wildman–Crippen LogP) is 3.61. The number of aryl methyl sites for hydroxylation is 2. The van der Waals surface area contributed by atoms with E-state index in [1.165, 1.54) is 35.6 Å². The van der Waals surface area contributed by atoms with E-state index in [9.17, 15) is 22.4 Å². The van der Waals surface area contributed by atoms with Crippen molar-refractivity contribution >= 4 is 27.3 Å². The normalized spacial score (nSPS) is 11.4. The van der Waals surface area contributed by atoms with E-state index in [1.54, 1.807) is 24.4 Å². The zero-order valence-corrected chi connectivity index (χ0v) is 19.1. The van der Waals surface area contributed by atoms with Crippen LogP contribution in [0.3, 0.4) is 0 Å². The Kier molecular flexibility index (Phi) is 6.16. The lowest BCUT2D eigenvalue weighted by Crippen LogP contribution is -2.18. The van der Waals surface area contributed by atoms with Gasteiger partial charge in [0.2, 0.25) is 0 Å². The molecule has 1 N–H and O–H groups in total. The number of ether oxygens (including phenoxy) is 1. The Morgan fingerprint density at radius 2 is 1.85 bits per heavy atom. The van der Waals surface area contributed by atoms with Crippen molar-refractivity contribution in [3.63, 3.8) is 0 Å². The fourth-order valence-electron chi connectivity index (χ4n) is 3.29. The van der Waals surface area contributed by atoms with Gasteiger partial charge in [0.05, 0.1) is 21.8 Å². The van der Waals surface area contributed by atoms with Crippen molar-refractivity contribution in [2.75, 3.05) is 4.72 Å². The third-order valence-electron chi connectivity index (χ3n) is 5.04. The molecule has 0 saturated carbocycles. The molecule has 0 spiro atoms. The molecule has 0 saturated heterocycles. The van der Waals surface area contributed by atoms with Gasteiger partial charge in [0, 0.05) is 12.3 Å². The Bertz CT molecular complexity index is 1580. The van der Waals surface area contributed by atoms with E-state index >= 15 is 0 Å². The molecule has 0 aliphatic heterocycles. The van der Waals surface area contributed by atoms with Gasteiger partial charge in [-0.2, -0.15) is 0 Å². The topological polar surface area (TPSA) is 107 Å². The molecule has 2 aromatic carbocycles. The van der Waals surface area contributed by atoms with Crippen LogP contribution in [0.15, 0.2) is 76.6 Å². The predicted molar refractivity (Wildman–Crippen MR) is 124 cm³/mol. The Hall–Kier alpha value is -4.05. The first kappa shape index (κ1) is 23.1. The van der Waals surface area contributed by atoms with E-state index in [4.69, 9.17) is 4.74 Å². The summed E-state index contributed by atoms with van der Waals surface area (Å²) in [7, 11) is -4.09. The number of carbonyl (C=O) groups is 1. The minimum atomic E-state index is -4.09. The van der Waals surface area contributed by atoms with E-state index in [2.05, 4.69) is 9.71 Å². The number of nitrogens with one attached hydrogen (secondary N) is 1. The average molecular weight is 482 g/mol. The molecule has 0 fully saturated rings. The summed E-state index contributed by atoms with van der Waals surface area (Å²) in [5.41, 5.74) is 1.38. The number of carbonyl (C=O) groups excluding carboxylic acids is 1. The summed E-state index contributed by atoms with van der Waals surface area (Å²) in [6, 6.07) is 14.1. The lowest BCUT2D eigenvalue weighted by molar-refractivity contribution is 0.0469. The Morgan fingerprint density at radius 3 is 2.62 bits per heavy atom. The number of hydrogen-bond acceptors (Lipinski definition) is 6. The monoisotopic (exact) mass is 481 g/mol. The second-order valence-electron chi connectivity index (χ2n) is 7.66. The van der Waals surface area contributed by atoms with Crippen molar-refractivity contribution in [3.05, 3.63) is 105 Å². The summed E-state index contributed by atoms with van der Waals surface area (Å²) in [5, 5.41) is 0. The average Bonchev–Trinajstić information content (AvgIpc) is 2.80. The lowest BCUT2D eigenvalue weighted by atomic mass is 10.2. The fraction of sp³-hybridized carbons (Fsp3) is 0.125. The molecular weight excluding hydrogens is 461 g/mol. The van der Waals surface area contributed by atoms with Crippen molar-refractivity contribution < 1.29 is 22.3 Å². The number of benzene rings is 2. The summed E-state index contributed by atoms with van der Waals surface area (Å²) < 4.78 is 48.1. The number of esters is 1. The molecule has 4 rings (SSSR count). The number of pyridine rings is 1. The zero-order chi connectivity index (χ0) is 24.5. The second kappa shape index (κ2) is 9.06. The quantitative estimate of drug-likeness (QED) is 0.422. The molecule has 8 nitrogen and oxygen atoms in total. The summed E-state index contributed by atoms with van der Waals surface area (Å²) in [5.74, 6) is -1.33. The third-order valence-corrected chi connectivity index (χ3v) is 6.41. The zero-order valence-electron chi connectivity index (χ0n) is 18.3. The lowest BCUT2D eigenvalue weighted by Gasteiger charge is -2.13. The van der Waals surface area contributed by atoms with Crippen molar-refractivity contribution in [3.8, 4) is 0 Å². The molecule has 2 heterocycles. The highest BCUT2D eigenvalue weighted by atomic mass is 32.2. The number of para-hydroxylation sites is 1. The molecule has 2 aromatic heterocycles. The highest BCUT2D eigenvalue weighted by Gasteiger charge is 2.20. The second-order valence-corrected chi connectivity index (χ2v) is 9.34. The fourth-order valence-corrected chi connectivity index (χ4v) is 4.45. The Morgan fingerprint density at radius 1 is 1.09 bits per heavy atom. The van der Waals surface area contributed by atoms with Crippen LogP contribution in [0.1, 0.15) is 27.2 Å². The van der Waals surface area contributed by atoms with Crippen molar-refractivity contribution in [2.45, 2.75) is 25.3 Å². The highest BCUT2D eigenvalue weighted by molar-refractivity contribution is 7.92. The first-order valence-electron chi connectivity index (χ1n) is 10.2. The first-order valence-corrected chi connectivity index (χ1v) is 11.7. The molecule has 0 atom stereocenters. The van der Waals surface area contributed by atoms with Gasteiger partial charge < -0.3 is 4.74 Å². The minimum Gasteiger partial charge on any atom is -0.456 e. The molecule has 174 valence electrons. The molecule has 0 aliphatic rings. The van der Waals surface area contributed by atoms with Crippen LogP contribution in [-0.4, -0.2) is 23.8 Å². The van der Waals surface area contributed by atoms with Crippen molar-refractivity contribution in [2.24, 2.45) is 0 Å². The maximum atomic E-state index is 13.5. The highest BCUT2D eigenvalue weighted by Crippen LogP contribution is 2.22. The number of aromatic nitrogens is 2. The van der Waals surface area contributed by atoms with E-state index < -0.39 is 21.8 Å². The molecule has 10 heteroatoms. The van der Waals surface area contributed by atoms with E-state index in [0.29, 0.717) is 5.65 Å². The number of rotatable bonds is 6. The van der Waals surface area contributed by atoms with Crippen LogP contribution in [0.4, 0.5) is 10.1 Å².